The lowest BCUT2D eigenvalue weighted by molar-refractivity contribution is 0.425. The molecule has 0 atom stereocenters. The molecular weight excluding hydrogens is 195 g/mol. The number of unbranched alkanes of at least 4 members (excludes halogenated alkanes) is 3. The van der Waals surface area contributed by atoms with Gasteiger partial charge in [0, 0.05) is 0 Å². The van der Waals surface area contributed by atoms with E-state index in [1.165, 1.54) is 30.6 Å². The van der Waals surface area contributed by atoms with Gasteiger partial charge in [0.15, 0.2) is 0 Å². The van der Waals surface area contributed by atoms with Crippen molar-refractivity contribution >= 4 is 23.9 Å². The third-order valence-corrected chi connectivity index (χ3v) is 3.16. The molecule has 0 saturated carbocycles. The van der Waals surface area contributed by atoms with Crippen molar-refractivity contribution in [3.8, 4) is 0 Å². The Bertz CT molecular complexity index is 260. The van der Waals surface area contributed by atoms with Crippen molar-refractivity contribution < 1.29 is 10.0 Å². The highest BCUT2D eigenvalue weighted by Crippen LogP contribution is 2.10. The van der Waals surface area contributed by atoms with Crippen LogP contribution in [0.25, 0.3) is 0 Å². The van der Waals surface area contributed by atoms with E-state index in [9.17, 15) is 0 Å². The van der Waals surface area contributed by atoms with Crippen LogP contribution in [0.1, 0.15) is 38.2 Å². The lowest BCUT2D eigenvalue weighted by atomic mass is 9.78. The van der Waals surface area contributed by atoms with Crippen LogP contribution in [-0.2, 0) is 6.42 Å². The highest BCUT2D eigenvalue weighted by Gasteiger charge is 2.15. The molecule has 78 valence electrons. The number of aryl methyl sites for hydroxylation is 1. The zero-order valence-corrected chi connectivity index (χ0v) is 9.39. The molecule has 0 radical (unpaired) electrons. The Morgan fingerprint density at radius 3 is 2.64 bits per heavy atom. The molecule has 0 aromatic carbocycles. The van der Waals surface area contributed by atoms with Gasteiger partial charge in [0.25, 0.3) is 0 Å². The normalized spacial score (nSPS) is 10.5. The molecule has 2 nitrogen and oxygen atoms in total. The largest absolute Gasteiger partial charge is 0.489 e. The van der Waals surface area contributed by atoms with E-state index in [0.29, 0.717) is 5.46 Å². The van der Waals surface area contributed by atoms with E-state index >= 15 is 0 Å². The molecule has 0 bridgehead atoms. The molecule has 4 heteroatoms. The molecular formula is C10H17BO2S. The van der Waals surface area contributed by atoms with Crippen molar-refractivity contribution in [1.29, 1.82) is 0 Å². The molecule has 0 aliphatic carbocycles. The molecule has 14 heavy (non-hydrogen) atoms. The van der Waals surface area contributed by atoms with Crippen LogP contribution in [0.3, 0.4) is 0 Å². The van der Waals surface area contributed by atoms with Gasteiger partial charge >= 0.3 is 7.12 Å². The van der Waals surface area contributed by atoms with Gasteiger partial charge in [-0.25, -0.2) is 0 Å². The van der Waals surface area contributed by atoms with Gasteiger partial charge in [0.05, 0.1) is 0 Å². The van der Waals surface area contributed by atoms with Gasteiger partial charge < -0.3 is 10.0 Å². The van der Waals surface area contributed by atoms with Crippen LogP contribution in [0.15, 0.2) is 10.8 Å². The minimum Gasteiger partial charge on any atom is -0.423 e. The van der Waals surface area contributed by atoms with Crippen molar-refractivity contribution in [3.63, 3.8) is 0 Å². The average Bonchev–Trinajstić information content (AvgIpc) is 2.60. The zero-order valence-electron chi connectivity index (χ0n) is 8.57. The summed E-state index contributed by atoms with van der Waals surface area (Å²) in [5.74, 6) is 0. The first-order chi connectivity index (χ1) is 6.75. The second-order valence-electron chi connectivity index (χ2n) is 3.54. The molecule has 0 spiro atoms. The van der Waals surface area contributed by atoms with Crippen LogP contribution in [0, 0.1) is 0 Å². The van der Waals surface area contributed by atoms with Crippen LogP contribution in [-0.4, -0.2) is 17.2 Å². The van der Waals surface area contributed by atoms with Gasteiger partial charge in [0.1, 0.15) is 0 Å². The van der Waals surface area contributed by atoms with Gasteiger partial charge in [-0.3, -0.25) is 0 Å². The molecule has 0 amide bonds. The molecule has 1 rings (SSSR count). The molecule has 2 N–H and O–H groups in total. The Kier molecular flexibility index (Phi) is 5.23. The number of hydrogen-bond acceptors (Lipinski definition) is 3. The molecule has 1 aromatic heterocycles. The third kappa shape index (κ3) is 3.44. The Balaban J connectivity index is 2.38. The summed E-state index contributed by atoms with van der Waals surface area (Å²) in [6.45, 7) is 2.19. The predicted molar refractivity (Wildman–Crippen MR) is 62.0 cm³/mol. The van der Waals surface area contributed by atoms with Crippen molar-refractivity contribution in [2.24, 2.45) is 0 Å². The zero-order chi connectivity index (χ0) is 10.4. The van der Waals surface area contributed by atoms with Crippen molar-refractivity contribution in [2.75, 3.05) is 0 Å². The topological polar surface area (TPSA) is 40.5 Å². The Morgan fingerprint density at radius 2 is 2.00 bits per heavy atom. The van der Waals surface area contributed by atoms with E-state index in [-0.39, 0.29) is 0 Å². The standard InChI is InChI=1S/C10H17BO2S/c1-2-3-4-5-6-9-7-14-8-10(9)11(12)13/h7-8,12-13H,2-6H2,1H3. The summed E-state index contributed by atoms with van der Waals surface area (Å²) < 4.78 is 0. The number of hydrogen-bond donors (Lipinski definition) is 2. The fourth-order valence-electron chi connectivity index (χ4n) is 1.51. The van der Waals surface area contributed by atoms with Gasteiger partial charge in [-0.05, 0) is 34.6 Å². The van der Waals surface area contributed by atoms with E-state index in [0.717, 1.165) is 18.4 Å². The van der Waals surface area contributed by atoms with Gasteiger partial charge in [0.2, 0.25) is 0 Å². The molecule has 0 aliphatic heterocycles. The van der Waals surface area contributed by atoms with Crippen molar-refractivity contribution in [2.45, 2.75) is 39.0 Å². The molecule has 1 heterocycles. The van der Waals surface area contributed by atoms with E-state index < -0.39 is 7.12 Å². The predicted octanol–water partition coefficient (Wildman–Crippen LogP) is 1.55. The maximum Gasteiger partial charge on any atom is 0.489 e. The van der Waals surface area contributed by atoms with Crippen LogP contribution < -0.4 is 5.46 Å². The van der Waals surface area contributed by atoms with E-state index in [2.05, 4.69) is 6.92 Å². The minimum atomic E-state index is -1.30. The summed E-state index contributed by atoms with van der Waals surface area (Å²) in [7, 11) is -1.30. The first-order valence-corrected chi connectivity index (χ1v) is 6.11. The lowest BCUT2D eigenvalue weighted by Gasteiger charge is -2.02. The summed E-state index contributed by atoms with van der Waals surface area (Å²) in [6.07, 6.45) is 5.84. The highest BCUT2D eigenvalue weighted by atomic mass is 32.1. The molecule has 0 saturated heterocycles. The summed E-state index contributed by atoms with van der Waals surface area (Å²) in [5, 5.41) is 22.0. The van der Waals surface area contributed by atoms with Gasteiger partial charge in [-0.15, -0.1) is 0 Å². The van der Waals surface area contributed by atoms with Gasteiger partial charge in [-0.2, -0.15) is 11.3 Å². The molecule has 0 fully saturated rings. The molecule has 0 unspecified atom stereocenters. The van der Waals surface area contributed by atoms with E-state index in [4.69, 9.17) is 10.0 Å². The Hall–Kier alpha value is -0.315. The van der Waals surface area contributed by atoms with Crippen LogP contribution in [0.2, 0.25) is 0 Å². The quantitative estimate of drug-likeness (QED) is 0.554. The first kappa shape index (κ1) is 11.8. The maximum absolute atomic E-state index is 9.06. The molecule has 0 aliphatic rings. The molecule has 1 aromatic rings. The van der Waals surface area contributed by atoms with Crippen molar-refractivity contribution in [3.05, 3.63) is 16.3 Å². The Morgan fingerprint density at radius 1 is 1.21 bits per heavy atom. The van der Waals surface area contributed by atoms with Gasteiger partial charge in [-0.1, -0.05) is 26.2 Å². The SMILES string of the molecule is CCCCCCc1cscc1B(O)O. The highest BCUT2D eigenvalue weighted by molar-refractivity contribution is 7.09. The fourth-order valence-corrected chi connectivity index (χ4v) is 2.41. The number of rotatable bonds is 6. The second-order valence-corrected chi connectivity index (χ2v) is 4.28. The fraction of sp³-hybridized carbons (Fsp3) is 0.600. The Labute approximate surface area is 89.7 Å². The smallest absolute Gasteiger partial charge is 0.423 e. The average molecular weight is 212 g/mol. The second kappa shape index (κ2) is 6.22. The first-order valence-electron chi connectivity index (χ1n) is 5.16. The van der Waals surface area contributed by atoms with Crippen LogP contribution in [0.4, 0.5) is 0 Å². The lowest BCUT2D eigenvalue weighted by Crippen LogP contribution is -2.31. The maximum atomic E-state index is 9.06. The van der Waals surface area contributed by atoms with E-state index in [1.807, 2.05) is 10.8 Å². The summed E-state index contributed by atoms with van der Waals surface area (Å²) in [6, 6.07) is 0. The minimum absolute atomic E-state index is 0.687. The van der Waals surface area contributed by atoms with Crippen molar-refractivity contribution in [1.82, 2.24) is 0 Å². The summed E-state index contributed by atoms with van der Waals surface area (Å²) >= 11 is 1.54. The monoisotopic (exact) mass is 212 g/mol. The van der Waals surface area contributed by atoms with Crippen LogP contribution >= 0.6 is 11.3 Å². The third-order valence-electron chi connectivity index (χ3n) is 2.35. The summed E-state index contributed by atoms with van der Waals surface area (Å²) in [4.78, 5) is 0. The van der Waals surface area contributed by atoms with E-state index in [1.54, 1.807) is 0 Å². The number of thiophene rings is 1. The van der Waals surface area contributed by atoms with Crippen LogP contribution in [0.5, 0.6) is 0 Å². The summed E-state index contributed by atoms with van der Waals surface area (Å²) in [5.41, 5.74) is 1.78.